The van der Waals surface area contributed by atoms with Gasteiger partial charge >= 0.3 is 0 Å². The Morgan fingerprint density at radius 1 is 1.43 bits per heavy atom. The van der Waals surface area contributed by atoms with Crippen LogP contribution in [0, 0.1) is 0 Å². The van der Waals surface area contributed by atoms with Gasteiger partial charge in [0.05, 0.1) is 15.9 Å². The van der Waals surface area contributed by atoms with E-state index < -0.39 is 0 Å². The van der Waals surface area contributed by atoms with Crippen LogP contribution in [0.2, 0.25) is 0 Å². The van der Waals surface area contributed by atoms with Crippen LogP contribution in [-0.4, -0.2) is 16.2 Å². The van der Waals surface area contributed by atoms with E-state index in [9.17, 15) is 0 Å². The number of benzene rings is 1. The molecule has 0 saturated carbocycles. The number of hydrogen-bond acceptors (Lipinski definition) is 6. The number of thiazole rings is 1. The molecule has 0 spiro atoms. The standard InChI is InChI=1S/C14H13BrN4S2/c1-20-14-19-12-9(15)5-8(6-11(12)21-14)7-18-13-10(16)3-2-4-17-13/h2-6H,7,16H2,1H3,(H,17,18). The van der Waals surface area contributed by atoms with Crippen molar-refractivity contribution < 1.29 is 0 Å². The highest BCUT2D eigenvalue weighted by Crippen LogP contribution is 2.33. The number of halogens is 1. The second kappa shape index (κ2) is 6.21. The summed E-state index contributed by atoms with van der Waals surface area (Å²) in [7, 11) is 0. The lowest BCUT2D eigenvalue weighted by Gasteiger charge is -2.08. The molecule has 0 radical (unpaired) electrons. The van der Waals surface area contributed by atoms with Gasteiger partial charge in [-0.05, 0) is 52.0 Å². The molecule has 0 saturated heterocycles. The maximum Gasteiger partial charge on any atom is 0.150 e. The molecule has 4 nitrogen and oxygen atoms in total. The quantitative estimate of drug-likeness (QED) is 0.657. The minimum absolute atomic E-state index is 0.653. The SMILES string of the molecule is CSc1nc2c(Br)cc(CNc3ncccc3N)cc2s1. The average Bonchev–Trinajstić information content (AvgIpc) is 2.90. The molecule has 0 aliphatic heterocycles. The Morgan fingerprint density at radius 3 is 3.05 bits per heavy atom. The molecule has 0 bridgehead atoms. The van der Waals surface area contributed by atoms with Crippen molar-refractivity contribution in [2.45, 2.75) is 10.9 Å². The molecule has 0 aliphatic rings. The minimum atomic E-state index is 0.653. The van der Waals surface area contributed by atoms with E-state index >= 15 is 0 Å². The third-order valence-electron chi connectivity index (χ3n) is 2.96. The number of pyridine rings is 1. The predicted molar refractivity (Wildman–Crippen MR) is 95.1 cm³/mol. The molecular weight excluding hydrogens is 368 g/mol. The van der Waals surface area contributed by atoms with Crippen LogP contribution in [0.15, 0.2) is 39.3 Å². The zero-order chi connectivity index (χ0) is 14.8. The van der Waals surface area contributed by atoms with Crippen molar-refractivity contribution in [3.63, 3.8) is 0 Å². The lowest BCUT2D eigenvalue weighted by Crippen LogP contribution is -2.04. The van der Waals surface area contributed by atoms with Crippen molar-refractivity contribution in [1.29, 1.82) is 0 Å². The number of anilines is 2. The normalized spacial score (nSPS) is 11.0. The number of aromatic nitrogens is 2. The van der Waals surface area contributed by atoms with Gasteiger partial charge in [0.1, 0.15) is 5.82 Å². The van der Waals surface area contributed by atoms with Crippen molar-refractivity contribution in [3.8, 4) is 0 Å². The summed E-state index contributed by atoms with van der Waals surface area (Å²) in [6.07, 6.45) is 3.77. The average molecular weight is 381 g/mol. The Kier molecular flexibility index (Phi) is 4.32. The highest BCUT2D eigenvalue weighted by Gasteiger charge is 2.09. The van der Waals surface area contributed by atoms with Gasteiger partial charge in [-0.25, -0.2) is 9.97 Å². The number of rotatable bonds is 4. The van der Waals surface area contributed by atoms with Crippen LogP contribution >= 0.6 is 39.0 Å². The molecule has 2 aromatic heterocycles. The molecule has 108 valence electrons. The highest BCUT2D eigenvalue weighted by atomic mass is 79.9. The fourth-order valence-electron chi connectivity index (χ4n) is 1.96. The lowest BCUT2D eigenvalue weighted by atomic mass is 10.2. The summed E-state index contributed by atoms with van der Waals surface area (Å²) in [6.45, 7) is 0.669. The maximum absolute atomic E-state index is 5.88. The monoisotopic (exact) mass is 380 g/mol. The maximum atomic E-state index is 5.88. The van der Waals surface area contributed by atoms with Gasteiger partial charge in [-0.3, -0.25) is 0 Å². The molecule has 3 rings (SSSR count). The van der Waals surface area contributed by atoms with E-state index in [1.54, 1.807) is 29.3 Å². The summed E-state index contributed by atoms with van der Waals surface area (Å²) in [4.78, 5) is 8.82. The number of hydrogen-bond donors (Lipinski definition) is 2. The van der Waals surface area contributed by atoms with Crippen LogP contribution in [0.5, 0.6) is 0 Å². The van der Waals surface area contributed by atoms with E-state index in [1.807, 2.05) is 18.4 Å². The second-order valence-electron chi connectivity index (χ2n) is 4.40. The molecule has 0 atom stereocenters. The Labute approximate surface area is 139 Å². The largest absolute Gasteiger partial charge is 0.396 e. The summed E-state index contributed by atoms with van der Waals surface area (Å²) in [5.41, 5.74) is 8.72. The minimum Gasteiger partial charge on any atom is -0.396 e. The Morgan fingerprint density at radius 2 is 2.29 bits per heavy atom. The van der Waals surface area contributed by atoms with Crippen molar-refractivity contribution in [2.24, 2.45) is 0 Å². The molecular formula is C14H13BrN4S2. The third kappa shape index (κ3) is 3.14. The van der Waals surface area contributed by atoms with Gasteiger partial charge in [0.2, 0.25) is 0 Å². The van der Waals surface area contributed by atoms with Crippen LogP contribution in [0.4, 0.5) is 11.5 Å². The fourth-order valence-corrected chi connectivity index (χ4v) is 4.26. The first kappa shape index (κ1) is 14.6. The van der Waals surface area contributed by atoms with E-state index in [0.29, 0.717) is 18.1 Å². The summed E-state index contributed by atoms with van der Waals surface area (Å²) >= 11 is 6.97. The van der Waals surface area contributed by atoms with E-state index in [2.05, 4.69) is 43.3 Å². The van der Waals surface area contributed by atoms with Gasteiger partial charge in [0, 0.05) is 17.2 Å². The zero-order valence-electron chi connectivity index (χ0n) is 11.3. The first-order chi connectivity index (χ1) is 10.2. The van der Waals surface area contributed by atoms with Crippen molar-refractivity contribution in [1.82, 2.24) is 9.97 Å². The second-order valence-corrected chi connectivity index (χ2v) is 7.34. The van der Waals surface area contributed by atoms with E-state index in [1.165, 1.54) is 4.70 Å². The number of nitrogens with zero attached hydrogens (tertiary/aromatic N) is 2. The van der Waals surface area contributed by atoms with Gasteiger partial charge in [-0.2, -0.15) is 0 Å². The molecule has 3 N–H and O–H groups in total. The van der Waals surface area contributed by atoms with Crippen molar-refractivity contribution in [2.75, 3.05) is 17.3 Å². The molecule has 7 heteroatoms. The van der Waals surface area contributed by atoms with Gasteiger partial charge in [0.15, 0.2) is 4.34 Å². The molecule has 0 amide bonds. The molecule has 0 fully saturated rings. The van der Waals surface area contributed by atoms with Crippen molar-refractivity contribution >= 4 is 60.8 Å². The van der Waals surface area contributed by atoms with Crippen LogP contribution in [0.3, 0.4) is 0 Å². The first-order valence-electron chi connectivity index (χ1n) is 6.24. The Bertz CT molecular complexity index is 788. The highest BCUT2D eigenvalue weighted by molar-refractivity contribution is 9.10. The molecule has 0 unspecified atom stereocenters. The summed E-state index contributed by atoms with van der Waals surface area (Å²) in [5.74, 6) is 0.711. The van der Waals surface area contributed by atoms with Crippen LogP contribution in [0.25, 0.3) is 10.2 Å². The number of thioether (sulfide) groups is 1. The molecule has 21 heavy (non-hydrogen) atoms. The Balaban J connectivity index is 1.86. The van der Waals surface area contributed by atoms with Crippen molar-refractivity contribution in [3.05, 3.63) is 40.5 Å². The van der Waals surface area contributed by atoms with Gasteiger partial charge in [-0.15, -0.1) is 11.3 Å². The zero-order valence-corrected chi connectivity index (χ0v) is 14.5. The molecule has 3 aromatic rings. The van der Waals surface area contributed by atoms with Gasteiger partial charge < -0.3 is 11.1 Å². The van der Waals surface area contributed by atoms with E-state index in [0.717, 1.165) is 19.9 Å². The van der Waals surface area contributed by atoms with Crippen LogP contribution in [-0.2, 0) is 6.54 Å². The smallest absolute Gasteiger partial charge is 0.150 e. The number of nitrogens with two attached hydrogens (primary N) is 1. The van der Waals surface area contributed by atoms with E-state index in [-0.39, 0.29) is 0 Å². The number of nitrogen functional groups attached to an aromatic ring is 1. The molecule has 2 heterocycles. The van der Waals surface area contributed by atoms with Crippen LogP contribution in [0.1, 0.15) is 5.56 Å². The molecule has 1 aromatic carbocycles. The van der Waals surface area contributed by atoms with Gasteiger partial charge in [-0.1, -0.05) is 11.8 Å². The topological polar surface area (TPSA) is 63.8 Å². The Hall–Kier alpha value is -1.31. The summed E-state index contributed by atoms with van der Waals surface area (Å²) < 4.78 is 3.27. The number of fused-ring (bicyclic) bond motifs is 1. The predicted octanol–water partition coefficient (Wildman–Crippen LogP) is 4.37. The number of nitrogens with one attached hydrogen (secondary N) is 1. The van der Waals surface area contributed by atoms with Crippen LogP contribution < -0.4 is 11.1 Å². The van der Waals surface area contributed by atoms with E-state index in [4.69, 9.17) is 5.73 Å². The molecule has 0 aliphatic carbocycles. The summed E-state index contributed by atoms with van der Waals surface area (Å²) in [6, 6.07) is 7.90. The first-order valence-corrected chi connectivity index (χ1v) is 9.08. The van der Waals surface area contributed by atoms with Gasteiger partial charge in [0.25, 0.3) is 0 Å². The third-order valence-corrected chi connectivity index (χ3v) is 5.55. The summed E-state index contributed by atoms with van der Waals surface area (Å²) in [5, 5.41) is 3.26. The fraction of sp³-hybridized carbons (Fsp3) is 0.143. The lowest BCUT2D eigenvalue weighted by molar-refractivity contribution is 1.12.